The third kappa shape index (κ3) is 2.97. The van der Waals surface area contributed by atoms with Crippen LogP contribution in [0.2, 0.25) is 0 Å². The van der Waals surface area contributed by atoms with Crippen LogP contribution in [0.5, 0.6) is 0 Å². The molecular formula is C13H20N4S. The molecule has 18 heavy (non-hydrogen) atoms. The lowest BCUT2D eigenvalue weighted by atomic mass is 10.0. The fraction of sp³-hybridized carbons (Fsp3) is 0.538. The van der Waals surface area contributed by atoms with E-state index >= 15 is 0 Å². The van der Waals surface area contributed by atoms with Crippen molar-refractivity contribution in [1.82, 2.24) is 14.5 Å². The highest BCUT2D eigenvalue weighted by Crippen LogP contribution is 2.21. The van der Waals surface area contributed by atoms with Crippen LogP contribution in [0.3, 0.4) is 0 Å². The Balaban J connectivity index is 2.15. The Labute approximate surface area is 112 Å². The highest BCUT2D eigenvalue weighted by molar-refractivity contribution is 7.09. The maximum absolute atomic E-state index is 6.24. The number of aromatic nitrogens is 3. The second-order valence-electron chi connectivity index (χ2n) is 5.04. The maximum atomic E-state index is 6.24. The summed E-state index contributed by atoms with van der Waals surface area (Å²) in [5, 5.41) is 0. The van der Waals surface area contributed by atoms with Crippen LogP contribution in [0.1, 0.15) is 42.6 Å². The summed E-state index contributed by atoms with van der Waals surface area (Å²) in [7, 11) is 0. The highest BCUT2D eigenvalue weighted by atomic mass is 32.1. The monoisotopic (exact) mass is 264 g/mol. The van der Waals surface area contributed by atoms with Gasteiger partial charge in [0.2, 0.25) is 0 Å². The minimum atomic E-state index is 0.0562. The van der Waals surface area contributed by atoms with Crippen LogP contribution in [-0.2, 0) is 6.54 Å². The number of aryl methyl sites for hydroxylation is 1. The molecule has 0 saturated carbocycles. The SMILES string of the molecule is Cc1ncsc1Cn1cncc1C(N)CC(C)C. The molecule has 1 unspecified atom stereocenters. The third-order valence-corrected chi connectivity index (χ3v) is 3.93. The Kier molecular flexibility index (Phi) is 4.14. The lowest BCUT2D eigenvalue weighted by molar-refractivity contribution is 0.489. The third-order valence-electron chi connectivity index (χ3n) is 3.01. The molecule has 2 N–H and O–H groups in total. The second kappa shape index (κ2) is 5.63. The van der Waals surface area contributed by atoms with Crippen LogP contribution in [0.25, 0.3) is 0 Å². The topological polar surface area (TPSA) is 56.7 Å². The predicted molar refractivity (Wildman–Crippen MR) is 74.6 cm³/mol. The second-order valence-corrected chi connectivity index (χ2v) is 5.98. The summed E-state index contributed by atoms with van der Waals surface area (Å²) < 4.78 is 2.13. The lowest BCUT2D eigenvalue weighted by Gasteiger charge is -2.16. The average molecular weight is 264 g/mol. The maximum Gasteiger partial charge on any atom is 0.0952 e. The molecule has 0 amide bonds. The molecule has 0 spiro atoms. The molecule has 0 radical (unpaired) electrons. The quantitative estimate of drug-likeness (QED) is 0.903. The molecular weight excluding hydrogens is 244 g/mol. The van der Waals surface area contributed by atoms with E-state index in [1.807, 2.05) is 25.0 Å². The first kappa shape index (κ1) is 13.2. The first-order valence-electron chi connectivity index (χ1n) is 6.22. The van der Waals surface area contributed by atoms with Gasteiger partial charge in [-0.05, 0) is 19.3 Å². The van der Waals surface area contributed by atoms with Gasteiger partial charge < -0.3 is 10.3 Å². The van der Waals surface area contributed by atoms with Gasteiger partial charge in [0.05, 0.1) is 29.8 Å². The van der Waals surface area contributed by atoms with Gasteiger partial charge in [0, 0.05) is 17.1 Å². The smallest absolute Gasteiger partial charge is 0.0952 e. The van der Waals surface area contributed by atoms with Crippen molar-refractivity contribution >= 4 is 11.3 Å². The van der Waals surface area contributed by atoms with Crippen LogP contribution in [-0.4, -0.2) is 14.5 Å². The van der Waals surface area contributed by atoms with Crippen LogP contribution in [0.15, 0.2) is 18.0 Å². The fourth-order valence-electron chi connectivity index (χ4n) is 2.03. The number of hydrogen-bond donors (Lipinski definition) is 1. The first-order chi connectivity index (χ1) is 8.58. The normalized spacial score (nSPS) is 13.2. The van der Waals surface area contributed by atoms with E-state index < -0.39 is 0 Å². The lowest BCUT2D eigenvalue weighted by Crippen LogP contribution is -2.17. The van der Waals surface area contributed by atoms with Crippen LogP contribution in [0, 0.1) is 12.8 Å². The van der Waals surface area contributed by atoms with Crippen molar-refractivity contribution in [2.45, 2.75) is 39.8 Å². The van der Waals surface area contributed by atoms with Crippen molar-refractivity contribution in [1.29, 1.82) is 0 Å². The Morgan fingerprint density at radius 3 is 2.83 bits per heavy atom. The van der Waals surface area contributed by atoms with Crippen molar-refractivity contribution in [3.05, 3.63) is 34.3 Å². The molecule has 2 aromatic heterocycles. The minimum Gasteiger partial charge on any atom is -0.328 e. The number of rotatable bonds is 5. The number of nitrogens with zero attached hydrogens (tertiary/aromatic N) is 3. The Hall–Kier alpha value is -1.20. The summed E-state index contributed by atoms with van der Waals surface area (Å²) in [5.41, 5.74) is 10.3. The van der Waals surface area contributed by atoms with Gasteiger partial charge in [0.25, 0.3) is 0 Å². The molecule has 4 nitrogen and oxygen atoms in total. The molecule has 1 atom stereocenters. The Morgan fingerprint density at radius 1 is 1.44 bits per heavy atom. The van der Waals surface area contributed by atoms with Gasteiger partial charge in [-0.15, -0.1) is 11.3 Å². The Bertz CT molecular complexity index is 501. The van der Waals surface area contributed by atoms with E-state index in [1.54, 1.807) is 11.3 Å². The number of nitrogens with two attached hydrogens (primary N) is 1. The molecule has 98 valence electrons. The summed E-state index contributed by atoms with van der Waals surface area (Å²) >= 11 is 1.68. The number of imidazole rings is 1. The van der Waals surface area contributed by atoms with Crippen molar-refractivity contribution in [3.63, 3.8) is 0 Å². The molecule has 2 heterocycles. The van der Waals surface area contributed by atoms with Crippen molar-refractivity contribution < 1.29 is 0 Å². The van der Waals surface area contributed by atoms with Crippen molar-refractivity contribution in [2.75, 3.05) is 0 Å². The van der Waals surface area contributed by atoms with E-state index in [9.17, 15) is 0 Å². The van der Waals surface area contributed by atoms with Crippen LogP contribution in [0.4, 0.5) is 0 Å². The number of thiazole rings is 1. The summed E-state index contributed by atoms with van der Waals surface area (Å²) in [6.07, 6.45) is 4.71. The molecule has 0 aliphatic heterocycles. The van der Waals surface area contributed by atoms with Crippen molar-refractivity contribution in [2.24, 2.45) is 11.7 Å². The summed E-state index contributed by atoms with van der Waals surface area (Å²) in [5.74, 6) is 0.591. The van der Waals surface area contributed by atoms with E-state index in [0.29, 0.717) is 5.92 Å². The summed E-state index contributed by atoms with van der Waals surface area (Å²) in [4.78, 5) is 9.77. The minimum absolute atomic E-state index is 0.0562. The standard InChI is InChI=1S/C13H20N4S/c1-9(2)4-11(14)12-5-15-7-17(12)6-13-10(3)16-8-18-13/h5,7-9,11H,4,6,14H2,1-3H3. The molecule has 0 aliphatic carbocycles. The fourth-order valence-corrected chi connectivity index (χ4v) is 2.81. The molecule has 0 aliphatic rings. The van der Waals surface area contributed by atoms with Crippen LogP contribution < -0.4 is 5.73 Å². The van der Waals surface area contributed by atoms with Gasteiger partial charge in [0.15, 0.2) is 0 Å². The van der Waals surface area contributed by atoms with Gasteiger partial charge in [0.1, 0.15) is 0 Å². The molecule has 0 bridgehead atoms. The predicted octanol–water partition coefficient (Wildman–Crippen LogP) is 2.74. The zero-order valence-corrected chi connectivity index (χ0v) is 11.9. The summed E-state index contributed by atoms with van der Waals surface area (Å²) in [6.45, 7) is 7.23. The van der Waals surface area contributed by atoms with E-state index in [-0.39, 0.29) is 6.04 Å². The van der Waals surface area contributed by atoms with Gasteiger partial charge >= 0.3 is 0 Å². The van der Waals surface area contributed by atoms with Gasteiger partial charge in [-0.2, -0.15) is 0 Å². The van der Waals surface area contributed by atoms with Crippen LogP contribution >= 0.6 is 11.3 Å². The van der Waals surface area contributed by atoms with Gasteiger partial charge in [-0.25, -0.2) is 9.97 Å². The van der Waals surface area contributed by atoms with Gasteiger partial charge in [-0.3, -0.25) is 0 Å². The van der Waals surface area contributed by atoms with E-state index in [0.717, 1.165) is 24.4 Å². The molecule has 0 aromatic carbocycles. The molecule has 5 heteroatoms. The van der Waals surface area contributed by atoms with E-state index in [4.69, 9.17) is 5.73 Å². The van der Waals surface area contributed by atoms with E-state index in [2.05, 4.69) is 28.4 Å². The molecule has 0 fully saturated rings. The number of hydrogen-bond acceptors (Lipinski definition) is 4. The first-order valence-corrected chi connectivity index (χ1v) is 7.10. The molecule has 2 aromatic rings. The summed E-state index contributed by atoms with van der Waals surface area (Å²) in [6, 6.07) is 0.0562. The van der Waals surface area contributed by atoms with Crippen molar-refractivity contribution in [3.8, 4) is 0 Å². The zero-order valence-electron chi connectivity index (χ0n) is 11.1. The van der Waals surface area contributed by atoms with Gasteiger partial charge in [-0.1, -0.05) is 13.8 Å². The highest BCUT2D eigenvalue weighted by Gasteiger charge is 2.14. The van der Waals surface area contributed by atoms with E-state index in [1.165, 1.54) is 4.88 Å². The Morgan fingerprint density at radius 2 is 2.22 bits per heavy atom. The largest absolute Gasteiger partial charge is 0.328 e. The molecule has 2 rings (SSSR count). The zero-order chi connectivity index (χ0) is 13.1. The average Bonchev–Trinajstić information content (AvgIpc) is 2.88. The molecule has 0 saturated heterocycles.